The second kappa shape index (κ2) is 11.3. The molecule has 11 nitrogen and oxygen atoms in total. The van der Waals surface area contributed by atoms with E-state index in [0.717, 1.165) is 48.7 Å². The Kier molecular flexibility index (Phi) is 7.89. The molecule has 2 N–H and O–H groups in total. The lowest BCUT2D eigenvalue weighted by Gasteiger charge is -2.16. The Hall–Kier alpha value is -4.47. The van der Waals surface area contributed by atoms with Crippen molar-refractivity contribution in [1.29, 1.82) is 0 Å². The molecule has 5 rings (SSSR count). The van der Waals surface area contributed by atoms with E-state index in [9.17, 15) is 26.8 Å². The van der Waals surface area contributed by atoms with Crippen LogP contribution >= 0.6 is 11.3 Å². The van der Waals surface area contributed by atoms with E-state index in [4.69, 9.17) is 5.73 Å². The molecule has 0 aliphatic heterocycles. The Labute approximate surface area is 249 Å². The van der Waals surface area contributed by atoms with Crippen LogP contribution in [0, 0.1) is 11.6 Å². The molecule has 0 fully saturated rings. The molecule has 0 saturated carbocycles. The van der Waals surface area contributed by atoms with Gasteiger partial charge in [-0.15, -0.1) is 21.5 Å². The van der Waals surface area contributed by atoms with Gasteiger partial charge in [0.15, 0.2) is 11.6 Å². The van der Waals surface area contributed by atoms with Crippen LogP contribution in [0.25, 0.3) is 26.5 Å². The molecule has 5 aromatic rings. The van der Waals surface area contributed by atoms with Gasteiger partial charge in [0.1, 0.15) is 16.5 Å². The molecule has 3 aromatic heterocycles. The minimum atomic E-state index is -3.66. The van der Waals surface area contributed by atoms with Gasteiger partial charge in [-0.1, -0.05) is 18.2 Å². The highest BCUT2D eigenvalue weighted by molar-refractivity contribution is 7.92. The van der Waals surface area contributed by atoms with Gasteiger partial charge >= 0.3 is 5.69 Å². The number of anilines is 2. The van der Waals surface area contributed by atoms with Crippen molar-refractivity contribution < 1.29 is 17.2 Å². The number of hydrogen-bond donors (Lipinski definition) is 1. The fourth-order valence-corrected chi connectivity index (χ4v) is 6.30. The van der Waals surface area contributed by atoms with Crippen molar-refractivity contribution in [1.82, 2.24) is 24.2 Å². The highest BCUT2D eigenvalue weighted by Gasteiger charge is 2.26. The number of rotatable bonds is 8. The topological polar surface area (TPSA) is 136 Å². The summed E-state index contributed by atoms with van der Waals surface area (Å²) in [5.41, 5.74) is 5.80. The van der Waals surface area contributed by atoms with Gasteiger partial charge in [-0.3, -0.25) is 13.7 Å². The van der Waals surface area contributed by atoms with Crippen molar-refractivity contribution in [2.75, 3.05) is 37.4 Å². The number of nitrogens with two attached hydrogens (primary N) is 1. The molecular weight excluding hydrogens is 600 g/mol. The Morgan fingerprint density at radius 1 is 0.930 bits per heavy atom. The monoisotopic (exact) mass is 627 g/mol. The van der Waals surface area contributed by atoms with Crippen LogP contribution in [0.3, 0.4) is 0 Å². The van der Waals surface area contributed by atoms with E-state index in [2.05, 4.69) is 10.2 Å². The second-order valence-electron chi connectivity index (χ2n) is 10.1. The maximum absolute atomic E-state index is 14.8. The Bertz CT molecular complexity index is 2050. The van der Waals surface area contributed by atoms with E-state index in [-0.39, 0.29) is 27.4 Å². The number of sulfonamides is 1. The van der Waals surface area contributed by atoms with E-state index < -0.39 is 39.5 Å². The van der Waals surface area contributed by atoms with E-state index >= 15 is 0 Å². The zero-order valence-electron chi connectivity index (χ0n) is 23.6. The minimum absolute atomic E-state index is 0.0383. The summed E-state index contributed by atoms with van der Waals surface area (Å²) in [6.07, 6.45) is 0.989. The van der Waals surface area contributed by atoms with E-state index in [1.165, 1.54) is 25.2 Å². The molecule has 0 bridgehead atoms. The number of nitrogen functional groups attached to an aromatic ring is 1. The third kappa shape index (κ3) is 5.66. The standard InChI is InChI=1S/C28H27F2N7O4S2/c1-34(2)14-19-24-26(38)37(23-13-12-22(32-33-23)35(3)43(4,40)41)28(39)36(15-18-20(29)6-5-7-21(18)30)27(24)42-25(19)16-8-10-17(31)11-9-16/h5-13H,14-15,31H2,1-4H3. The van der Waals surface area contributed by atoms with Crippen LogP contribution in [0.5, 0.6) is 0 Å². The lowest BCUT2D eigenvalue weighted by molar-refractivity contribution is 0.405. The van der Waals surface area contributed by atoms with Crippen molar-refractivity contribution in [3.8, 4) is 16.3 Å². The van der Waals surface area contributed by atoms with Gasteiger partial charge in [0.25, 0.3) is 5.56 Å². The smallest absolute Gasteiger partial charge is 0.338 e. The molecule has 15 heteroatoms. The van der Waals surface area contributed by atoms with Crippen LogP contribution in [0.2, 0.25) is 0 Å². The van der Waals surface area contributed by atoms with Crippen molar-refractivity contribution >= 4 is 43.1 Å². The highest BCUT2D eigenvalue weighted by atomic mass is 32.2. The molecule has 0 aliphatic carbocycles. The molecule has 43 heavy (non-hydrogen) atoms. The summed E-state index contributed by atoms with van der Waals surface area (Å²) in [5.74, 6) is -1.94. The first kappa shape index (κ1) is 30.0. The summed E-state index contributed by atoms with van der Waals surface area (Å²) in [6, 6.07) is 13.0. The number of halogens is 2. The van der Waals surface area contributed by atoms with Crippen molar-refractivity contribution in [3.05, 3.63) is 98.2 Å². The van der Waals surface area contributed by atoms with Crippen LogP contribution in [0.15, 0.2) is 64.2 Å². The second-order valence-corrected chi connectivity index (χ2v) is 13.2. The number of nitrogens with zero attached hydrogens (tertiary/aromatic N) is 6. The average Bonchev–Trinajstić information content (AvgIpc) is 3.31. The van der Waals surface area contributed by atoms with Crippen LogP contribution in [-0.2, 0) is 23.1 Å². The molecule has 0 aliphatic rings. The number of thiophene rings is 1. The van der Waals surface area contributed by atoms with E-state index in [1.807, 2.05) is 19.0 Å². The van der Waals surface area contributed by atoms with Crippen LogP contribution in [0.1, 0.15) is 11.1 Å². The van der Waals surface area contributed by atoms with Gasteiger partial charge in [-0.05, 0) is 61.6 Å². The molecule has 0 saturated heterocycles. The normalized spacial score (nSPS) is 11.9. The van der Waals surface area contributed by atoms with Gasteiger partial charge in [-0.25, -0.2) is 26.6 Å². The summed E-state index contributed by atoms with van der Waals surface area (Å²) in [7, 11) is 1.27. The van der Waals surface area contributed by atoms with Crippen LogP contribution in [-0.4, -0.2) is 60.0 Å². The fourth-order valence-electron chi connectivity index (χ4n) is 4.56. The molecule has 0 spiro atoms. The first-order chi connectivity index (χ1) is 20.3. The Balaban J connectivity index is 1.85. The average molecular weight is 628 g/mol. The molecule has 3 heterocycles. The maximum atomic E-state index is 14.8. The SMILES string of the molecule is CN(C)Cc1c(-c2ccc(N)cc2)sc2c1c(=O)n(-c1ccc(N(C)S(C)(=O)=O)nn1)c(=O)n2Cc1c(F)cccc1F. The third-order valence-electron chi connectivity index (χ3n) is 6.78. The highest BCUT2D eigenvalue weighted by Crippen LogP contribution is 2.38. The summed E-state index contributed by atoms with van der Waals surface area (Å²) >= 11 is 1.15. The lowest BCUT2D eigenvalue weighted by Crippen LogP contribution is -2.40. The lowest BCUT2D eigenvalue weighted by atomic mass is 10.1. The Morgan fingerprint density at radius 3 is 2.14 bits per heavy atom. The first-order valence-electron chi connectivity index (χ1n) is 12.8. The van der Waals surface area contributed by atoms with E-state index in [0.29, 0.717) is 22.7 Å². The zero-order chi connectivity index (χ0) is 31.2. The van der Waals surface area contributed by atoms with Crippen molar-refractivity contribution in [2.24, 2.45) is 0 Å². The van der Waals surface area contributed by atoms with Gasteiger partial charge in [0.2, 0.25) is 10.0 Å². The molecule has 2 aromatic carbocycles. The van der Waals surface area contributed by atoms with Gasteiger partial charge in [-0.2, -0.15) is 0 Å². The molecule has 224 valence electrons. The first-order valence-corrected chi connectivity index (χ1v) is 15.5. The summed E-state index contributed by atoms with van der Waals surface area (Å²) in [4.78, 5) is 30.9. The summed E-state index contributed by atoms with van der Waals surface area (Å²) < 4.78 is 56.4. The van der Waals surface area contributed by atoms with E-state index in [1.54, 1.807) is 24.3 Å². The number of fused-ring (bicyclic) bond motifs is 1. The van der Waals surface area contributed by atoms with Crippen LogP contribution < -0.4 is 21.3 Å². The van der Waals surface area contributed by atoms with Gasteiger partial charge in [0, 0.05) is 29.7 Å². The number of hydrogen-bond acceptors (Lipinski definition) is 9. The quantitative estimate of drug-likeness (QED) is 0.260. The molecular formula is C28H27F2N7O4S2. The summed E-state index contributed by atoms with van der Waals surface area (Å²) in [5, 5.41) is 8.06. The third-order valence-corrected chi connectivity index (χ3v) is 9.27. The molecule has 0 radical (unpaired) electrons. The van der Waals surface area contributed by atoms with Gasteiger partial charge < -0.3 is 10.6 Å². The van der Waals surface area contributed by atoms with Crippen molar-refractivity contribution in [3.63, 3.8) is 0 Å². The number of aromatic nitrogens is 4. The Morgan fingerprint density at radius 2 is 1.58 bits per heavy atom. The zero-order valence-corrected chi connectivity index (χ0v) is 25.2. The van der Waals surface area contributed by atoms with Crippen LogP contribution in [0.4, 0.5) is 20.3 Å². The predicted octanol–water partition coefficient (Wildman–Crippen LogP) is 3.04. The maximum Gasteiger partial charge on any atom is 0.338 e. The molecule has 0 unspecified atom stereocenters. The predicted molar refractivity (Wildman–Crippen MR) is 163 cm³/mol. The molecule has 0 amide bonds. The fraction of sp³-hybridized carbons (Fsp3) is 0.214. The largest absolute Gasteiger partial charge is 0.399 e. The number of benzene rings is 2. The minimum Gasteiger partial charge on any atom is -0.399 e. The molecule has 0 atom stereocenters. The summed E-state index contributed by atoms with van der Waals surface area (Å²) in [6.45, 7) is -0.218. The van der Waals surface area contributed by atoms with Gasteiger partial charge in [0.05, 0.1) is 18.2 Å². The van der Waals surface area contributed by atoms with Crippen molar-refractivity contribution in [2.45, 2.75) is 13.1 Å².